The highest BCUT2D eigenvalue weighted by atomic mass is 14.2. The van der Waals surface area contributed by atoms with E-state index in [2.05, 4.69) is 136 Å². The van der Waals surface area contributed by atoms with Crippen LogP contribution in [0.5, 0.6) is 0 Å². The van der Waals surface area contributed by atoms with Gasteiger partial charge >= 0.3 is 0 Å². The molecule has 0 heteroatoms. The third-order valence-electron chi connectivity index (χ3n) is 7.14. The fraction of sp³-hybridized carbons (Fsp3) is 0.0857. The van der Waals surface area contributed by atoms with Crippen LogP contribution in [0, 0.1) is 20.8 Å². The first-order valence-corrected chi connectivity index (χ1v) is 12.3. The molecule has 6 aromatic carbocycles. The minimum Gasteiger partial charge on any atom is -0.0622 e. The van der Waals surface area contributed by atoms with Crippen LogP contribution < -0.4 is 0 Å². The van der Waals surface area contributed by atoms with Crippen molar-refractivity contribution >= 4 is 21.5 Å². The molecule has 0 atom stereocenters. The predicted octanol–water partition coefficient (Wildman–Crippen LogP) is 9.92. The lowest BCUT2D eigenvalue weighted by molar-refractivity contribution is 1.33. The summed E-state index contributed by atoms with van der Waals surface area (Å²) < 4.78 is 0. The first-order chi connectivity index (χ1) is 17.1. The van der Waals surface area contributed by atoms with Crippen LogP contribution in [-0.4, -0.2) is 0 Å². The molecule has 0 aliphatic rings. The van der Waals surface area contributed by atoms with Gasteiger partial charge in [0.2, 0.25) is 0 Å². The highest BCUT2D eigenvalue weighted by molar-refractivity contribution is 6.19. The van der Waals surface area contributed by atoms with Crippen LogP contribution in [0.25, 0.3) is 54.9 Å². The van der Waals surface area contributed by atoms with Crippen molar-refractivity contribution in [1.29, 1.82) is 0 Å². The van der Waals surface area contributed by atoms with Crippen LogP contribution in [0.15, 0.2) is 115 Å². The second kappa shape index (κ2) is 8.56. The fourth-order valence-corrected chi connectivity index (χ4v) is 5.75. The summed E-state index contributed by atoms with van der Waals surface area (Å²) in [4.78, 5) is 0. The summed E-state index contributed by atoms with van der Waals surface area (Å²) >= 11 is 0. The molecule has 0 fully saturated rings. The molecule has 6 rings (SSSR count). The van der Waals surface area contributed by atoms with E-state index in [1.54, 1.807) is 0 Å². The van der Waals surface area contributed by atoms with Crippen LogP contribution in [0.2, 0.25) is 0 Å². The maximum atomic E-state index is 2.41. The molecular weight excluding hydrogens is 420 g/mol. The third kappa shape index (κ3) is 3.63. The van der Waals surface area contributed by atoms with Crippen molar-refractivity contribution in [3.63, 3.8) is 0 Å². The summed E-state index contributed by atoms with van der Waals surface area (Å²) in [7, 11) is 0. The van der Waals surface area contributed by atoms with Crippen molar-refractivity contribution in [2.75, 3.05) is 0 Å². The quantitative estimate of drug-likeness (QED) is 0.236. The highest BCUT2D eigenvalue weighted by Gasteiger charge is 2.18. The zero-order valence-electron chi connectivity index (χ0n) is 20.5. The van der Waals surface area contributed by atoms with Crippen LogP contribution in [0.1, 0.15) is 16.7 Å². The van der Waals surface area contributed by atoms with Crippen molar-refractivity contribution in [2.45, 2.75) is 20.8 Å². The molecule has 0 N–H and O–H groups in total. The van der Waals surface area contributed by atoms with Crippen molar-refractivity contribution < 1.29 is 0 Å². The number of rotatable bonds is 3. The lowest BCUT2D eigenvalue weighted by Crippen LogP contribution is -1.95. The van der Waals surface area contributed by atoms with Crippen molar-refractivity contribution in [2.24, 2.45) is 0 Å². The average molecular weight is 449 g/mol. The monoisotopic (exact) mass is 448 g/mol. The molecule has 0 aliphatic carbocycles. The predicted molar refractivity (Wildman–Crippen MR) is 152 cm³/mol. The van der Waals surface area contributed by atoms with Crippen molar-refractivity contribution in [3.8, 4) is 33.4 Å². The van der Waals surface area contributed by atoms with E-state index >= 15 is 0 Å². The molecule has 0 aromatic heterocycles. The zero-order chi connectivity index (χ0) is 23.9. The molecule has 0 unspecified atom stereocenters. The molecule has 6 aromatic rings. The Balaban J connectivity index is 1.82. The molecule has 0 spiro atoms. The summed E-state index contributed by atoms with van der Waals surface area (Å²) in [5, 5.41) is 5.20. The second-order valence-electron chi connectivity index (χ2n) is 9.56. The Morgan fingerprint density at radius 1 is 0.371 bits per heavy atom. The van der Waals surface area contributed by atoms with Crippen LogP contribution in [0.4, 0.5) is 0 Å². The summed E-state index contributed by atoms with van der Waals surface area (Å²) in [5.41, 5.74) is 11.7. The van der Waals surface area contributed by atoms with E-state index in [1.165, 1.54) is 71.6 Å². The van der Waals surface area contributed by atoms with E-state index in [1.807, 2.05) is 0 Å². The summed E-state index contributed by atoms with van der Waals surface area (Å²) in [6.07, 6.45) is 0. The molecule has 0 radical (unpaired) electrons. The number of fused-ring (bicyclic) bond motifs is 2. The molecule has 35 heavy (non-hydrogen) atoms. The van der Waals surface area contributed by atoms with Gasteiger partial charge in [0.1, 0.15) is 0 Å². The van der Waals surface area contributed by atoms with Gasteiger partial charge in [-0.05, 0) is 92.9 Å². The lowest BCUT2D eigenvalue weighted by atomic mass is 9.83. The maximum absolute atomic E-state index is 2.41. The van der Waals surface area contributed by atoms with Gasteiger partial charge in [0, 0.05) is 0 Å². The van der Waals surface area contributed by atoms with E-state index in [4.69, 9.17) is 0 Å². The number of hydrogen-bond donors (Lipinski definition) is 0. The van der Waals surface area contributed by atoms with Crippen LogP contribution >= 0.6 is 0 Å². The second-order valence-corrected chi connectivity index (χ2v) is 9.56. The van der Waals surface area contributed by atoms with Crippen LogP contribution in [-0.2, 0) is 0 Å². The van der Waals surface area contributed by atoms with Gasteiger partial charge < -0.3 is 0 Å². The van der Waals surface area contributed by atoms with Gasteiger partial charge in [0.15, 0.2) is 0 Å². The van der Waals surface area contributed by atoms with Gasteiger partial charge in [-0.3, -0.25) is 0 Å². The largest absolute Gasteiger partial charge is 0.0622 e. The van der Waals surface area contributed by atoms with E-state index in [0.717, 1.165) is 0 Å². The molecule has 0 saturated heterocycles. The molecule has 0 nitrogen and oxygen atoms in total. The minimum atomic E-state index is 1.25. The van der Waals surface area contributed by atoms with Gasteiger partial charge in [-0.25, -0.2) is 0 Å². The Labute approximate surface area is 207 Å². The Kier molecular flexibility index (Phi) is 5.23. The van der Waals surface area contributed by atoms with E-state index < -0.39 is 0 Å². The van der Waals surface area contributed by atoms with Crippen molar-refractivity contribution in [1.82, 2.24) is 0 Å². The summed E-state index contributed by atoms with van der Waals surface area (Å²) in [6.45, 7) is 6.69. The molecule has 0 saturated carbocycles. The lowest BCUT2D eigenvalue weighted by Gasteiger charge is -2.20. The maximum Gasteiger partial charge on any atom is -0.00210 e. The van der Waals surface area contributed by atoms with Gasteiger partial charge in [-0.1, -0.05) is 115 Å². The Morgan fingerprint density at radius 2 is 0.829 bits per heavy atom. The molecular formula is C35H28. The Hall–Kier alpha value is -4.16. The summed E-state index contributed by atoms with van der Waals surface area (Å²) in [6, 6.07) is 42.1. The van der Waals surface area contributed by atoms with Gasteiger partial charge in [-0.2, -0.15) is 0 Å². The first kappa shape index (κ1) is 21.4. The molecule has 0 amide bonds. The van der Waals surface area contributed by atoms with Crippen LogP contribution in [0.3, 0.4) is 0 Å². The number of benzene rings is 6. The van der Waals surface area contributed by atoms with Gasteiger partial charge in [0.05, 0.1) is 0 Å². The average Bonchev–Trinajstić information content (AvgIpc) is 2.88. The molecule has 168 valence electrons. The number of aryl methyl sites for hydroxylation is 3. The topological polar surface area (TPSA) is 0 Å². The SMILES string of the molecule is Cc1cc(C)c(-c2c3cccc(-c4ccccc4)c3cc3c(-c4ccccc4)cccc23)c(C)c1. The first-order valence-electron chi connectivity index (χ1n) is 12.3. The highest BCUT2D eigenvalue weighted by Crippen LogP contribution is 2.44. The third-order valence-corrected chi connectivity index (χ3v) is 7.14. The van der Waals surface area contributed by atoms with Crippen molar-refractivity contribution in [3.05, 3.63) is 132 Å². The zero-order valence-corrected chi connectivity index (χ0v) is 20.5. The Morgan fingerprint density at radius 3 is 1.29 bits per heavy atom. The molecule has 0 heterocycles. The minimum absolute atomic E-state index is 1.25. The van der Waals surface area contributed by atoms with E-state index in [9.17, 15) is 0 Å². The van der Waals surface area contributed by atoms with Gasteiger partial charge in [0.25, 0.3) is 0 Å². The van der Waals surface area contributed by atoms with E-state index in [0.29, 0.717) is 0 Å². The van der Waals surface area contributed by atoms with E-state index in [-0.39, 0.29) is 0 Å². The fourth-order valence-electron chi connectivity index (χ4n) is 5.75. The standard InChI is InChI=1S/C35H28/c1-23-20-24(2)34(25(3)21-23)35-30-18-10-16-28(26-12-6-4-7-13-26)32(30)22-33-29(17-11-19-31(33)35)27-14-8-5-9-15-27/h4-22H,1-3H3. The van der Waals surface area contributed by atoms with Gasteiger partial charge in [-0.15, -0.1) is 0 Å². The molecule has 0 bridgehead atoms. The molecule has 0 aliphatic heterocycles. The normalized spacial score (nSPS) is 11.3. The smallest absolute Gasteiger partial charge is 0.00210 e. The summed E-state index contributed by atoms with van der Waals surface area (Å²) in [5.74, 6) is 0. The Bertz CT molecular complexity index is 1570. The number of hydrogen-bond acceptors (Lipinski definition) is 0.